The first-order valence-electron chi connectivity index (χ1n) is 6.73. The van der Waals surface area contributed by atoms with E-state index in [1.165, 1.54) is 41.4 Å². The second kappa shape index (κ2) is 2.03. The van der Waals surface area contributed by atoms with Crippen LogP contribution in [0.3, 0.4) is 0 Å². The van der Waals surface area contributed by atoms with Crippen molar-refractivity contribution in [2.45, 2.75) is 38.5 Å². The van der Waals surface area contributed by atoms with Gasteiger partial charge in [-0.25, -0.2) is 0 Å². The van der Waals surface area contributed by atoms with Gasteiger partial charge in [0.25, 0.3) is 0 Å². The standard InChI is InChI=1S/C14H19/c1-7-2-12-10-4-8-5-11(9(1)10)13(3-7)14(12)6-8/h7,9-14H,1-6H2/q+1. The Morgan fingerprint density at radius 2 is 1.00 bits per heavy atom. The quantitative estimate of drug-likeness (QED) is 0.510. The Kier molecular flexibility index (Phi) is 1.04. The molecular weight excluding hydrogens is 168 g/mol. The zero-order chi connectivity index (χ0) is 8.86. The molecule has 7 aliphatic carbocycles. The minimum absolute atomic E-state index is 1.18. The van der Waals surface area contributed by atoms with E-state index in [1.54, 1.807) is 38.5 Å². The van der Waals surface area contributed by atoms with Crippen LogP contribution in [0.4, 0.5) is 0 Å². The number of hydrogen-bond acceptors (Lipinski definition) is 0. The molecule has 0 spiro atoms. The summed E-state index contributed by atoms with van der Waals surface area (Å²) in [4.78, 5) is 0. The second-order valence-electron chi connectivity index (χ2n) is 6.92. The van der Waals surface area contributed by atoms with Crippen molar-refractivity contribution in [3.05, 3.63) is 5.92 Å². The van der Waals surface area contributed by atoms with Gasteiger partial charge in [0, 0.05) is 17.8 Å². The van der Waals surface area contributed by atoms with Gasteiger partial charge < -0.3 is 0 Å². The third-order valence-electron chi connectivity index (χ3n) is 6.69. The van der Waals surface area contributed by atoms with Crippen LogP contribution in [0.15, 0.2) is 0 Å². The van der Waals surface area contributed by atoms with E-state index in [9.17, 15) is 0 Å². The van der Waals surface area contributed by atoms with Gasteiger partial charge >= 0.3 is 0 Å². The average Bonchev–Trinajstić information content (AvgIpc) is 2.24. The molecule has 0 N–H and O–H groups in total. The van der Waals surface area contributed by atoms with Gasteiger partial charge in [0.1, 0.15) is 0 Å². The van der Waals surface area contributed by atoms with E-state index in [2.05, 4.69) is 0 Å². The molecule has 7 aliphatic rings. The summed E-state index contributed by atoms with van der Waals surface area (Å²) < 4.78 is 0. The summed E-state index contributed by atoms with van der Waals surface area (Å²) >= 11 is 0. The Morgan fingerprint density at radius 1 is 0.571 bits per heavy atom. The molecule has 0 amide bonds. The Labute approximate surface area is 86.5 Å². The minimum Gasteiger partial charge on any atom is -0.0467 e. The Morgan fingerprint density at radius 3 is 1.43 bits per heavy atom. The molecule has 0 heteroatoms. The van der Waals surface area contributed by atoms with Crippen LogP contribution >= 0.6 is 0 Å². The molecule has 14 heavy (non-hydrogen) atoms. The maximum absolute atomic E-state index is 1.99. The summed E-state index contributed by atoms with van der Waals surface area (Å²) in [5.41, 5.74) is 0. The van der Waals surface area contributed by atoms with Gasteiger partial charge in [-0.3, -0.25) is 0 Å². The Balaban J connectivity index is 1.70. The van der Waals surface area contributed by atoms with E-state index in [0.717, 1.165) is 0 Å². The molecule has 0 aliphatic heterocycles. The minimum atomic E-state index is 1.18. The van der Waals surface area contributed by atoms with E-state index in [1.807, 2.05) is 5.92 Å². The van der Waals surface area contributed by atoms with Gasteiger partial charge in [0.05, 0.1) is 25.2 Å². The van der Waals surface area contributed by atoms with Gasteiger partial charge in [0.15, 0.2) is 0 Å². The lowest BCUT2D eigenvalue weighted by atomic mass is 9.36. The van der Waals surface area contributed by atoms with Gasteiger partial charge in [0.2, 0.25) is 0 Å². The molecule has 7 fully saturated rings. The predicted octanol–water partition coefficient (Wildman–Crippen LogP) is 3.28. The topological polar surface area (TPSA) is 0 Å². The molecule has 7 saturated carbocycles. The molecule has 0 aromatic heterocycles. The third kappa shape index (κ3) is 0.612. The van der Waals surface area contributed by atoms with Crippen molar-refractivity contribution < 1.29 is 0 Å². The van der Waals surface area contributed by atoms with Crippen LogP contribution in [0.1, 0.15) is 38.5 Å². The van der Waals surface area contributed by atoms with Gasteiger partial charge in [-0.05, 0) is 42.9 Å². The van der Waals surface area contributed by atoms with Crippen molar-refractivity contribution >= 4 is 0 Å². The summed E-state index contributed by atoms with van der Waals surface area (Å²) in [5.74, 6) is 10.4. The summed E-state index contributed by atoms with van der Waals surface area (Å²) in [5, 5.41) is 0. The first-order valence-corrected chi connectivity index (χ1v) is 6.73. The smallest absolute Gasteiger partial charge is 0.0467 e. The van der Waals surface area contributed by atoms with E-state index in [-0.39, 0.29) is 0 Å². The fourth-order valence-corrected chi connectivity index (χ4v) is 6.56. The van der Waals surface area contributed by atoms with Gasteiger partial charge in [-0.1, -0.05) is 0 Å². The summed E-state index contributed by atoms with van der Waals surface area (Å²) in [6, 6.07) is 0. The highest BCUT2D eigenvalue weighted by Gasteiger charge is 2.67. The first kappa shape index (κ1) is 7.19. The molecule has 0 aromatic carbocycles. The lowest BCUT2D eigenvalue weighted by molar-refractivity contribution is -0.172. The molecule has 0 atom stereocenters. The largest absolute Gasteiger partial charge is 0.0934 e. The van der Waals surface area contributed by atoms with Crippen LogP contribution in [0.5, 0.6) is 0 Å². The SMILES string of the molecule is C1[C+]2CC3C4CC5CC(C14)C(C2)C3C5. The molecular formula is C14H19+. The lowest BCUT2D eigenvalue weighted by Crippen LogP contribution is -2.61. The van der Waals surface area contributed by atoms with E-state index < -0.39 is 0 Å². The molecule has 0 radical (unpaired) electrons. The number of hydrogen-bond donors (Lipinski definition) is 0. The fraction of sp³-hybridized carbons (Fsp3) is 0.929. The van der Waals surface area contributed by atoms with Gasteiger partial charge in [-0.2, -0.15) is 0 Å². The van der Waals surface area contributed by atoms with Crippen molar-refractivity contribution in [1.82, 2.24) is 0 Å². The number of rotatable bonds is 0. The Bertz CT molecular complexity index is 205. The average molecular weight is 187 g/mol. The van der Waals surface area contributed by atoms with Crippen LogP contribution in [0, 0.1) is 47.3 Å². The van der Waals surface area contributed by atoms with E-state index >= 15 is 0 Å². The van der Waals surface area contributed by atoms with Gasteiger partial charge in [-0.15, -0.1) is 0 Å². The van der Waals surface area contributed by atoms with Crippen molar-refractivity contribution in [2.24, 2.45) is 41.4 Å². The van der Waals surface area contributed by atoms with Crippen molar-refractivity contribution in [1.29, 1.82) is 0 Å². The molecule has 7 rings (SSSR count). The second-order valence-corrected chi connectivity index (χ2v) is 6.92. The molecule has 0 nitrogen and oxygen atoms in total. The van der Waals surface area contributed by atoms with Crippen LogP contribution in [0.2, 0.25) is 0 Å². The molecule has 0 saturated heterocycles. The zero-order valence-electron chi connectivity index (χ0n) is 8.78. The zero-order valence-corrected chi connectivity index (χ0v) is 8.78. The highest BCUT2D eigenvalue weighted by atomic mass is 14.7. The molecule has 8 bridgehead atoms. The predicted molar refractivity (Wildman–Crippen MR) is 55.4 cm³/mol. The Hall–Kier alpha value is -0.130. The molecule has 74 valence electrons. The maximum atomic E-state index is 1.99. The third-order valence-corrected chi connectivity index (χ3v) is 6.69. The molecule has 0 heterocycles. The molecule has 0 unspecified atom stereocenters. The first-order chi connectivity index (χ1) is 6.90. The van der Waals surface area contributed by atoms with E-state index in [4.69, 9.17) is 0 Å². The van der Waals surface area contributed by atoms with Crippen molar-refractivity contribution in [3.8, 4) is 0 Å². The summed E-state index contributed by atoms with van der Waals surface area (Å²) in [6.45, 7) is 0. The highest BCUT2D eigenvalue weighted by molar-refractivity contribution is 5.20. The lowest BCUT2D eigenvalue weighted by Gasteiger charge is -2.65. The van der Waals surface area contributed by atoms with Crippen LogP contribution in [-0.4, -0.2) is 0 Å². The monoisotopic (exact) mass is 187 g/mol. The van der Waals surface area contributed by atoms with Crippen LogP contribution in [0.25, 0.3) is 0 Å². The maximum Gasteiger partial charge on any atom is 0.0934 e. The normalized spacial score (nSPS) is 66.9. The molecule has 0 aromatic rings. The summed E-state index contributed by atoms with van der Waals surface area (Å²) in [6.07, 6.45) is 9.64. The summed E-state index contributed by atoms with van der Waals surface area (Å²) in [7, 11) is 0. The van der Waals surface area contributed by atoms with Crippen molar-refractivity contribution in [2.75, 3.05) is 0 Å². The fourth-order valence-electron chi connectivity index (χ4n) is 6.56. The van der Waals surface area contributed by atoms with Crippen molar-refractivity contribution in [3.63, 3.8) is 0 Å². The van der Waals surface area contributed by atoms with Crippen LogP contribution < -0.4 is 0 Å². The van der Waals surface area contributed by atoms with E-state index in [0.29, 0.717) is 0 Å². The highest BCUT2D eigenvalue weighted by Crippen LogP contribution is 2.71. The van der Waals surface area contributed by atoms with Crippen LogP contribution in [-0.2, 0) is 0 Å².